The van der Waals surface area contributed by atoms with Gasteiger partial charge < -0.3 is 4.90 Å². The van der Waals surface area contributed by atoms with Crippen LogP contribution in [0.4, 0.5) is 17.1 Å². The van der Waals surface area contributed by atoms with Crippen LogP contribution < -0.4 is 4.90 Å². The fourth-order valence-corrected chi connectivity index (χ4v) is 12.0. The summed E-state index contributed by atoms with van der Waals surface area (Å²) in [6.07, 6.45) is 0. The number of nitrogens with zero attached hydrogens (tertiary/aromatic N) is 1. The minimum absolute atomic E-state index is 0.554. The zero-order valence-electron chi connectivity index (χ0n) is 36.9. The van der Waals surface area contributed by atoms with Crippen molar-refractivity contribution in [3.05, 3.63) is 317 Å². The standard InChI is InChI=1S/C66H45N/c1-5-26-48(27-6-1)65(49-28-7-2-8-29-49)57-39-17-15-36-55(57)63-59(65)41-21-43-61(63)67(52-34-19-25-47(45-52)54-38-20-24-46-23-13-14-35-53(46)54)62-44-22-42-60-64(62)56-37-16-18-40-58(56)66(60,50-30-9-3-10-31-50)51-32-11-4-12-33-51/h1-45H. The van der Waals surface area contributed by atoms with Crippen LogP contribution in [0.15, 0.2) is 273 Å². The highest BCUT2D eigenvalue weighted by molar-refractivity contribution is 6.03. The fourth-order valence-electron chi connectivity index (χ4n) is 12.0. The van der Waals surface area contributed by atoms with Gasteiger partial charge in [-0.2, -0.15) is 0 Å². The van der Waals surface area contributed by atoms with E-state index in [0.717, 1.165) is 17.1 Å². The Morgan fingerprint density at radius 2 is 0.642 bits per heavy atom. The maximum atomic E-state index is 2.58. The lowest BCUT2D eigenvalue weighted by Gasteiger charge is -2.35. The molecule has 0 amide bonds. The third kappa shape index (κ3) is 5.68. The first-order chi connectivity index (χ1) is 33.3. The van der Waals surface area contributed by atoms with Crippen LogP contribution in [-0.2, 0) is 10.8 Å². The predicted molar refractivity (Wildman–Crippen MR) is 279 cm³/mol. The second kappa shape index (κ2) is 15.6. The van der Waals surface area contributed by atoms with Gasteiger partial charge in [-0.05, 0) is 102 Å². The molecular formula is C66H45N. The summed E-state index contributed by atoms with van der Waals surface area (Å²) in [6.45, 7) is 0. The number of anilines is 3. The van der Waals surface area contributed by atoms with Gasteiger partial charge in [0.15, 0.2) is 0 Å². The van der Waals surface area contributed by atoms with Gasteiger partial charge in [0.05, 0.1) is 22.2 Å². The van der Waals surface area contributed by atoms with Gasteiger partial charge in [-0.25, -0.2) is 0 Å². The van der Waals surface area contributed by atoms with Crippen LogP contribution in [0.3, 0.4) is 0 Å². The van der Waals surface area contributed by atoms with E-state index in [4.69, 9.17) is 0 Å². The Balaban J connectivity index is 1.15. The molecule has 0 atom stereocenters. The first-order valence-corrected chi connectivity index (χ1v) is 23.3. The number of benzene rings is 11. The van der Waals surface area contributed by atoms with E-state index >= 15 is 0 Å². The van der Waals surface area contributed by atoms with Gasteiger partial charge in [0, 0.05) is 16.8 Å². The van der Waals surface area contributed by atoms with Crippen molar-refractivity contribution in [1.29, 1.82) is 0 Å². The van der Waals surface area contributed by atoms with Crippen LogP contribution in [0, 0.1) is 0 Å². The molecule has 67 heavy (non-hydrogen) atoms. The minimum Gasteiger partial charge on any atom is -0.309 e. The highest BCUT2D eigenvalue weighted by atomic mass is 15.1. The smallest absolute Gasteiger partial charge is 0.0714 e. The van der Waals surface area contributed by atoms with Crippen molar-refractivity contribution >= 4 is 27.8 Å². The van der Waals surface area contributed by atoms with E-state index in [1.54, 1.807) is 0 Å². The van der Waals surface area contributed by atoms with E-state index in [-0.39, 0.29) is 0 Å². The molecule has 0 radical (unpaired) electrons. The number of hydrogen-bond acceptors (Lipinski definition) is 1. The zero-order valence-corrected chi connectivity index (χ0v) is 36.9. The summed E-state index contributed by atoms with van der Waals surface area (Å²) < 4.78 is 0. The first-order valence-electron chi connectivity index (χ1n) is 23.3. The summed E-state index contributed by atoms with van der Waals surface area (Å²) in [5.41, 5.74) is 19.7. The molecule has 0 aliphatic heterocycles. The quantitative estimate of drug-likeness (QED) is 0.147. The van der Waals surface area contributed by atoms with Crippen molar-refractivity contribution in [2.75, 3.05) is 4.90 Å². The zero-order chi connectivity index (χ0) is 44.4. The van der Waals surface area contributed by atoms with Gasteiger partial charge in [0.25, 0.3) is 0 Å². The topological polar surface area (TPSA) is 3.24 Å². The molecule has 0 aromatic heterocycles. The van der Waals surface area contributed by atoms with Crippen LogP contribution in [-0.4, -0.2) is 0 Å². The molecule has 314 valence electrons. The largest absolute Gasteiger partial charge is 0.309 e. The Kier molecular flexibility index (Phi) is 9.05. The van der Waals surface area contributed by atoms with Crippen molar-refractivity contribution in [2.45, 2.75) is 10.8 Å². The molecule has 0 N–H and O–H groups in total. The summed E-state index contributed by atoms with van der Waals surface area (Å²) in [6, 6.07) is 101. The molecule has 0 bridgehead atoms. The number of fused-ring (bicyclic) bond motifs is 7. The third-order valence-electron chi connectivity index (χ3n) is 14.6. The lowest BCUT2D eigenvalue weighted by molar-refractivity contribution is 0.768. The molecule has 2 aliphatic carbocycles. The molecular weight excluding hydrogens is 807 g/mol. The van der Waals surface area contributed by atoms with Crippen molar-refractivity contribution < 1.29 is 0 Å². The van der Waals surface area contributed by atoms with E-state index < -0.39 is 10.8 Å². The molecule has 0 fully saturated rings. The van der Waals surface area contributed by atoms with Gasteiger partial charge in [-0.3, -0.25) is 0 Å². The van der Waals surface area contributed by atoms with E-state index in [2.05, 4.69) is 278 Å². The number of rotatable bonds is 8. The lowest BCUT2D eigenvalue weighted by Crippen LogP contribution is -2.28. The van der Waals surface area contributed by atoms with Crippen molar-refractivity contribution in [1.82, 2.24) is 0 Å². The van der Waals surface area contributed by atoms with E-state index in [1.165, 1.54) is 88.7 Å². The summed E-state index contributed by atoms with van der Waals surface area (Å²) in [5.74, 6) is 0. The second-order valence-corrected chi connectivity index (χ2v) is 17.9. The Bertz CT molecular complexity index is 3360. The van der Waals surface area contributed by atoms with Gasteiger partial charge >= 0.3 is 0 Å². The van der Waals surface area contributed by atoms with Crippen molar-refractivity contribution in [2.24, 2.45) is 0 Å². The van der Waals surface area contributed by atoms with E-state index in [0.29, 0.717) is 0 Å². The summed E-state index contributed by atoms with van der Waals surface area (Å²) in [5, 5.41) is 2.47. The second-order valence-electron chi connectivity index (χ2n) is 17.9. The predicted octanol–water partition coefficient (Wildman–Crippen LogP) is 16.7. The monoisotopic (exact) mass is 851 g/mol. The maximum absolute atomic E-state index is 2.58. The summed E-state index contributed by atoms with van der Waals surface area (Å²) in [4.78, 5) is 2.58. The van der Waals surface area contributed by atoms with Crippen LogP contribution in [0.2, 0.25) is 0 Å². The molecule has 11 aromatic rings. The molecule has 0 spiro atoms. The van der Waals surface area contributed by atoms with Gasteiger partial charge in [0.2, 0.25) is 0 Å². The SMILES string of the molecule is c1ccc(C2(c3ccccc3)c3ccccc3-c3c(N(c4cccc(-c5cccc6ccccc56)c4)c4cccc5c4-c4ccccc4C5(c4ccccc4)c4ccccc4)cccc32)cc1. The van der Waals surface area contributed by atoms with Crippen molar-refractivity contribution in [3.8, 4) is 33.4 Å². The highest BCUT2D eigenvalue weighted by Crippen LogP contribution is 2.63. The van der Waals surface area contributed by atoms with Crippen LogP contribution in [0.25, 0.3) is 44.2 Å². The fraction of sp³-hybridized carbons (Fsp3) is 0.0303. The normalized spacial score (nSPS) is 13.6. The molecule has 2 aliphatic rings. The van der Waals surface area contributed by atoms with Gasteiger partial charge in [-0.1, -0.05) is 249 Å². The Hall–Kier alpha value is -8.52. The Labute approximate surface area is 392 Å². The first kappa shape index (κ1) is 38.9. The molecule has 0 unspecified atom stereocenters. The van der Waals surface area contributed by atoms with Gasteiger partial charge in [0.1, 0.15) is 0 Å². The summed E-state index contributed by atoms with van der Waals surface area (Å²) in [7, 11) is 0. The molecule has 1 heteroatoms. The molecule has 0 saturated heterocycles. The molecule has 1 nitrogen and oxygen atoms in total. The molecule has 0 saturated carbocycles. The van der Waals surface area contributed by atoms with E-state index in [9.17, 15) is 0 Å². The third-order valence-corrected chi connectivity index (χ3v) is 14.6. The average Bonchev–Trinajstić information content (AvgIpc) is 3.89. The maximum Gasteiger partial charge on any atom is 0.0714 e. The van der Waals surface area contributed by atoms with Crippen LogP contribution in [0.1, 0.15) is 44.5 Å². The summed E-state index contributed by atoms with van der Waals surface area (Å²) >= 11 is 0. The van der Waals surface area contributed by atoms with Crippen LogP contribution >= 0.6 is 0 Å². The number of hydrogen-bond donors (Lipinski definition) is 0. The van der Waals surface area contributed by atoms with Crippen molar-refractivity contribution in [3.63, 3.8) is 0 Å². The Morgan fingerprint density at radius 1 is 0.269 bits per heavy atom. The highest BCUT2D eigenvalue weighted by Gasteiger charge is 2.49. The minimum atomic E-state index is -0.554. The Morgan fingerprint density at radius 3 is 1.15 bits per heavy atom. The van der Waals surface area contributed by atoms with Crippen LogP contribution in [0.5, 0.6) is 0 Å². The molecule has 0 heterocycles. The van der Waals surface area contributed by atoms with Gasteiger partial charge in [-0.15, -0.1) is 0 Å². The molecule has 13 rings (SSSR count). The average molecular weight is 852 g/mol. The molecule has 11 aromatic carbocycles. The lowest BCUT2D eigenvalue weighted by atomic mass is 9.67. The van der Waals surface area contributed by atoms with E-state index in [1.807, 2.05) is 0 Å².